The number of carbonyl (C=O) groups is 1. The van der Waals surface area contributed by atoms with Gasteiger partial charge in [0.15, 0.2) is 0 Å². The molecule has 0 radical (unpaired) electrons. The highest BCUT2D eigenvalue weighted by atomic mass is 35.5. The molecule has 0 saturated carbocycles. The van der Waals surface area contributed by atoms with Crippen LogP contribution in [0.5, 0.6) is 0 Å². The lowest BCUT2D eigenvalue weighted by Crippen LogP contribution is -2.38. The Morgan fingerprint density at radius 3 is 2.95 bits per heavy atom. The molecule has 102 valence electrons. The van der Waals surface area contributed by atoms with Gasteiger partial charge in [0.1, 0.15) is 0 Å². The molecule has 0 aliphatic heterocycles. The lowest BCUT2D eigenvalue weighted by atomic mass is 10.0. The van der Waals surface area contributed by atoms with Crippen molar-refractivity contribution >= 4 is 23.0 Å². The summed E-state index contributed by atoms with van der Waals surface area (Å²) in [6.07, 6.45) is 7.29. The van der Waals surface area contributed by atoms with E-state index in [0.717, 1.165) is 6.42 Å². The highest BCUT2D eigenvalue weighted by Gasteiger charge is 2.19. The fourth-order valence-corrected chi connectivity index (χ4v) is 2.18. The Morgan fingerprint density at radius 2 is 2.26 bits per heavy atom. The normalized spacial score (nSPS) is 12.8. The Kier molecular flexibility index (Phi) is 4.37. The largest absolute Gasteiger partial charge is 0.349 e. The smallest absolute Gasteiger partial charge is 0.255 e. The number of nitrogens with zero attached hydrogens (tertiary/aromatic N) is 3. The topological polar surface area (TPSA) is 59.3 Å². The second kappa shape index (κ2) is 6.02. The number of amides is 1. The van der Waals surface area contributed by atoms with E-state index in [1.165, 1.54) is 0 Å². The minimum Gasteiger partial charge on any atom is -0.349 e. The molecule has 1 amide bonds. The Hall–Kier alpha value is -1.62. The molecule has 1 unspecified atom stereocenters. The number of rotatable bonds is 5. The van der Waals surface area contributed by atoms with E-state index in [1.54, 1.807) is 29.3 Å². The number of alkyl halides is 1. The van der Waals surface area contributed by atoms with Gasteiger partial charge in [-0.3, -0.25) is 9.78 Å². The second-order valence-corrected chi connectivity index (χ2v) is 5.14. The van der Waals surface area contributed by atoms with E-state index in [4.69, 9.17) is 11.6 Å². The summed E-state index contributed by atoms with van der Waals surface area (Å²) in [5.41, 5.74) is 1.24. The maximum absolute atomic E-state index is 12.3. The number of nitrogens with one attached hydrogen (secondary N) is 1. The summed E-state index contributed by atoms with van der Waals surface area (Å²) in [6, 6.07) is 0.0663. The van der Waals surface area contributed by atoms with Gasteiger partial charge in [0.2, 0.25) is 0 Å². The average Bonchev–Trinajstić information content (AvgIpc) is 2.81. The van der Waals surface area contributed by atoms with Crippen LogP contribution in [0.2, 0.25) is 0 Å². The fraction of sp³-hybridized carbons (Fsp3) is 0.462. The Labute approximate surface area is 117 Å². The lowest BCUT2D eigenvalue weighted by Gasteiger charge is -2.21. The van der Waals surface area contributed by atoms with Crippen molar-refractivity contribution in [2.75, 3.05) is 5.88 Å². The first kappa shape index (κ1) is 13.8. The predicted octanol–water partition coefficient (Wildman–Crippen LogP) is 2.11. The number of carbonyl (C=O) groups excluding carboxylic acids is 1. The molecule has 1 atom stereocenters. The zero-order valence-electron chi connectivity index (χ0n) is 11.0. The van der Waals surface area contributed by atoms with Crippen LogP contribution in [0.4, 0.5) is 0 Å². The van der Waals surface area contributed by atoms with Crippen molar-refractivity contribution in [2.24, 2.45) is 5.92 Å². The van der Waals surface area contributed by atoms with Gasteiger partial charge in [-0.15, -0.1) is 11.6 Å². The lowest BCUT2D eigenvalue weighted by molar-refractivity contribution is 0.0926. The molecule has 2 rings (SSSR count). The van der Waals surface area contributed by atoms with E-state index in [1.807, 2.05) is 0 Å². The van der Waals surface area contributed by atoms with E-state index in [2.05, 4.69) is 29.2 Å². The molecular formula is C13H17ClN4O. The van der Waals surface area contributed by atoms with E-state index in [9.17, 15) is 4.79 Å². The van der Waals surface area contributed by atoms with Crippen molar-refractivity contribution in [1.82, 2.24) is 19.9 Å². The van der Waals surface area contributed by atoms with Crippen LogP contribution in [0.15, 0.2) is 24.8 Å². The first-order valence-electron chi connectivity index (χ1n) is 6.27. The van der Waals surface area contributed by atoms with E-state index < -0.39 is 0 Å². The summed E-state index contributed by atoms with van der Waals surface area (Å²) < 4.78 is 1.63. The first-order valence-corrected chi connectivity index (χ1v) is 6.81. The molecule has 19 heavy (non-hydrogen) atoms. The minimum absolute atomic E-state index is 0.0663. The SMILES string of the molecule is CC(C)C(CCCl)NC(=O)c1cnn2ccncc12. The summed E-state index contributed by atoms with van der Waals surface area (Å²) in [4.78, 5) is 16.3. The van der Waals surface area contributed by atoms with Crippen LogP contribution in [-0.4, -0.2) is 32.4 Å². The van der Waals surface area contributed by atoms with Gasteiger partial charge in [0.25, 0.3) is 5.91 Å². The van der Waals surface area contributed by atoms with Gasteiger partial charge in [-0.25, -0.2) is 4.52 Å². The van der Waals surface area contributed by atoms with E-state index >= 15 is 0 Å². The number of hydrogen-bond donors (Lipinski definition) is 1. The van der Waals surface area contributed by atoms with Crippen LogP contribution in [0, 0.1) is 5.92 Å². The van der Waals surface area contributed by atoms with Crippen molar-refractivity contribution in [3.8, 4) is 0 Å². The molecule has 2 aromatic rings. The van der Waals surface area contributed by atoms with E-state index in [-0.39, 0.29) is 11.9 Å². The molecule has 0 fully saturated rings. The summed E-state index contributed by atoms with van der Waals surface area (Å²) >= 11 is 5.77. The van der Waals surface area contributed by atoms with Crippen LogP contribution in [0.25, 0.3) is 5.52 Å². The summed E-state index contributed by atoms with van der Waals surface area (Å²) in [6.45, 7) is 4.13. The van der Waals surface area contributed by atoms with Gasteiger partial charge in [0.05, 0.1) is 23.5 Å². The third kappa shape index (κ3) is 3.04. The number of fused-ring (bicyclic) bond motifs is 1. The van der Waals surface area contributed by atoms with Crippen molar-refractivity contribution in [1.29, 1.82) is 0 Å². The Balaban J connectivity index is 2.19. The zero-order valence-corrected chi connectivity index (χ0v) is 11.8. The van der Waals surface area contributed by atoms with Crippen LogP contribution in [0.1, 0.15) is 30.6 Å². The van der Waals surface area contributed by atoms with Gasteiger partial charge < -0.3 is 5.32 Å². The monoisotopic (exact) mass is 280 g/mol. The molecule has 6 heteroatoms. The molecule has 0 bridgehead atoms. The molecule has 2 heterocycles. The van der Waals surface area contributed by atoms with Crippen LogP contribution < -0.4 is 5.32 Å². The number of aromatic nitrogens is 3. The number of hydrogen-bond acceptors (Lipinski definition) is 3. The maximum atomic E-state index is 12.3. The minimum atomic E-state index is -0.133. The fourth-order valence-electron chi connectivity index (χ4n) is 1.95. The molecule has 1 N–H and O–H groups in total. The van der Waals surface area contributed by atoms with Crippen LogP contribution >= 0.6 is 11.6 Å². The zero-order chi connectivity index (χ0) is 13.8. The number of halogens is 1. The van der Waals surface area contributed by atoms with Gasteiger partial charge in [0, 0.05) is 24.3 Å². The van der Waals surface area contributed by atoms with Crippen LogP contribution in [-0.2, 0) is 0 Å². The molecule has 0 aromatic carbocycles. The van der Waals surface area contributed by atoms with Crippen molar-refractivity contribution < 1.29 is 4.79 Å². The van der Waals surface area contributed by atoms with Gasteiger partial charge >= 0.3 is 0 Å². The maximum Gasteiger partial charge on any atom is 0.255 e. The molecule has 5 nitrogen and oxygen atoms in total. The molecular weight excluding hydrogens is 264 g/mol. The standard InChI is InChI=1S/C13H17ClN4O/c1-9(2)11(3-4-14)17-13(19)10-7-16-18-6-5-15-8-12(10)18/h5-9,11H,3-4H2,1-2H3,(H,17,19). The average molecular weight is 281 g/mol. The predicted molar refractivity (Wildman–Crippen MR) is 74.4 cm³/mol. The quantitative estimate of drug-likeness (QED) is 0.854. The van der Waals surface area contributed by atoms with Crippen molar-refractivity contribution in [3.05, 3.63) is 30.4 Å². The Bertz CT molecular complexity index is 567. The third-order valence-corrected chi connectivity index (χ3v) is 3.33. The summed E-state index contributed by atoms with van der Waals surface area (Å²) in [5.74, 6) is 0.730. The third-order valence-electron chi connectivity index (χ3n) is 3.11. The molecule has 2 aromatic heterocycles. The molecule has 0 aliphatic rings. The van der Waals surface area contributed by atoms with E-state index in [0.29, 0.717) is 22.9 Å². The Morgan fingerprint density at radius 1 is 1.47 bits per heavy atom. The summed E-state index contributed by atoms with van der Waals surface area (Å²) in [7, 11) is 0. The molecule has 0 spiro atoms. The highest BCUT2D eigenvalue weighted by molar-refractivity contribution is 6.17. The van der Waals surface area contributed by atoms with Gasteiger partial charge in [-0.05, 0) is 12.3 Å². The molecule has 0 aliphatic carbocycles. The van der Waals surface area contributed by atoms with Crippen LogP contribution in [0.3, 0.4) is 0 Å². The van der Waals surface area contributed by atoms with Gasteiger partial charge in [-0.2, -0.15) is 5.10 Å². The molecule has 0 saturated heterocycles. The first-order chi connectivity index (χ1) is 9.13. The highest BCUT2D eigenvalue weighted by Crippen LogP contribution is 2.12. The van der Waals surface area contributed by atoms with Gasteiger partial charge in [-0.1, -0.05) is 13.8 Å². The van der Waals surface area contributed by atoms with Crippen molar-refractivity contribution in [2.45, 2.75) is 26.3 Å². The summed E-state index contributed by atoms with van der Waals surface area (Å²) in [5, 5.41) is 7.14. The van der Waals surface area contributed by atoms with Crippen molar-refractivity contribution in [3.63, 3.8) is 0 Å². The second-order valence-electron chi connectivity index (χ2n) is 4.77.